The average Bonchev–Trinajstić information content (AvgIpc) is 2.62. The lowest BCUT2D eigenvalue weighted by molar-refractivity contribution is 0.0953. The van der Waals surface area contributed by atoms with E-state index in [4.69, 9.17) is 0 Å². The summed E-state index contributed by atoms with van der Waals surface area (Å²) in [6.07, 6.45) is 6.63. The lowest BCUT2D eigenvalue weighted by Gasteiger charge is -2.34. The summed E-state index contributed by atoms with van der Waals surface area (Å²) in [5, 5.41) is 6.60. The van der Waals surface area contributed by atoms with Crippen LogP contribution in [0.25, 0.3) is 0 Å². The van der Waals surface area contributed by atoms with E-state index in [2.05, 4.69) is 34.7 Å². The summed E-state index contributed by atoms with van der Waals surface area (Å²) in [7, 11) is 0. The van der Waals surface area contributed by atoms with Crippen molar-refractivity contribution in [3.63, 3.8) is 0 Å². The van der Waals surface area contributed by atoms with Gasteiger partial charge < -0.3 is 10.6 Å². The molecule has 1 aromatic heterocycles. The first kappa shape index (κ1) is 17.6. The van der Waals surface area contributed by atoms with Crippen LogP contribution in [0.3, 0.4) is 0 Å². The summed E-state index contributed by atoms with van der Waals surface area (Å²) >= 11 is 0. The predicted octanol–water partition coefficient (Wildman–Crippen LogP) is 3.85. The van der Waals surface area contributed by atoms with Crippen LogP contribution in [0.5, 0.6) is 0 Å². The first-order chi connectivity index (χ1) is 12.3. The van der Waals surface area contributed by atoms with Crippen LogP contribution in [-0.2, 0) is 6.54 Å². The van der Waals surface area contributed by atoms with Crippen molar-refractivity contribution in [2.45, 2.75) is 45.2 Å². The normalized spacial score (nSPS) is 15.4. The van der Waals surface area contributed by atoms with Crippen molar-refractivity contribution < 1.29 is 4.79 Å². The second-order valence-electron chi connectivity index (χ2n) is 6.76. The average molecular weight is 337 g/mol. The van der Waals surface area contributed by atoms with Gasteiger partial charge in [0.05, 0.1) is 11.7 Å². The molecule has 1 aliphatic rings. The second kappa shape index (κ2) is 8.77. The second-order valence-corrected chi connectivity index (χ2v) is 6.76. The van der Waals surface area contributed by atoms with Crippen LogP contribution >= 0.6 is 0 Å². The quantitative estimate of drug-likeness (QED) is 0.769. The number of amides is 1. The lowest BCUT2D eigenvalue weighted by atomic mass is 9.78. The summed E-state index contributed by atoms with van der Waals surface area (Å²) in [5.41, 5.74) is 2.97. The minimum absolute atomic E-state index is 0.00367. The van der Waals surface area contributed by atoms with Gasteiger partial charge in [0.25, 0.3) is 5.91 Å². The molecule has 4 heteroatoms. The molecule has 1 heterocycles. The summed E-state index contributed by atoms with van der Waals surface area (Å²) in [6.45, 7) is 3.51. The molecule has 0 saturated heterocycles. The molecule has 2 N–H and O–H groups in total. The van der Waals surface area contributed by atoms with Gasteiger partial charge in [-0.15, -0.1) is 0 Å². The lowest BCUT2D eigenvalue weighted by Crippen LogP contribution is -2.32. The summed E-state index contributed by atoms with van der Waals surface area (Å²) in [5.74, 6) is 0.662. The highest BCUT2D eigenvalue weighted by Crippen LogP contribution is 2.37. The molecule has 1 aliphatic carbocycles. The number of carbonyl (C=O) groups is 1. The molecule has 2 aromatic rings. The van der Waals surface area contributed by atoms with E-state index in [1.54, 1.807) is 0 Å². The Labute approximate surface area is 150 Å². The number of carbonyl (C=O) groups excluding carboxylic acids is 1. The highest BCUT2D eigenvalue weighted by molar-refractivity contribution is 5.94. The van der Waals surface area contributed by atoms with Crippen molar-refractivity contribution in [3.05, 3.63) is 65.5 Å². The molecule has 0 bridgehead atoms. The van der Waals surface area contributed by atoms with Gasteiger partial charge in [0, 0.05) is 24.8 Å². The Balaban J connectivity index is 1.66. The van der Waals surface area contributed by atoms with Gasteiger partial charge in [-0.1, -0.05) is 31.5 Å². The largest absolute Gasteiger partial charge is 0.352 e. The molecule has 0 aliphatic heterocycles. The number of pyridine rings is 1. The third-order valence-corrected chi connectivity index (χ3v) is 4.88. The van der Waals surface area contributed by atoms with Crippen LogP contribution in [0.1, 0.15) is 60.3 Å². The van der Waals surface area contributed by atoms with Gasteiger partial charge in [0.15, 0.2) is 0 Å². The maximum atomic E-state index is 12.1. The van der Waals surface area contributed by atoms with E-state index in [9.17, 15) is 4.79 Å². The smallest absolute Gasteiger partial charge is 0.251 e. The van der Waals surface area contributed by atoms with Crippen LogP contribution in [0.4, 0.5) is 0 Å². The van der Waals surface area contributed by atoms with Crippen LogP contribution in [-0.4, -0.2) is 17.4 Å². The van der Waals surface area contributed by atoms with Crippen molar-refractivity contribution >= 4 is 5.91 Å². The zero-order chi connectivity index (χ0) is 17.5. The Kier molecular flexibility index (Phi) is 6.18. The minimum Gasteiger partial charge on any atom is -0.352 e. The fourth-order valence-electron chi connectivity index (χ4n) is 3.24. The Morgan fingerprint density at radius 2 is 2.12 bits per heavy atom. The molecule has 4 nitrogen and oxygen atoms in total. The molecule has 1 amide bonds. The molecule has 0 spiro atoms. The Morgan fingerprint density at radius 3 is 2.80 bits per heavy atom. The number of aromatic nitrogens is 1. The molecular weight excluding hydrogens is 310 g/mol. The van der Waals surface area contributed by atoms with Crippen LogP contribution in [0.2, 0.25) is 0 Å². The molecule has 1 fully saturated rings. The van der Waals surface area contributed by atoms with Gasteiger partial charge in [-0.3, -0.25) is 9.78 Å². The maximum absolute atomic E-state index is 12.1. The third kappa shape index (κ3) is 4.67. The van der Waals surface area contributed by atoms with Gasteiger partial charge in [0.2, 0.25) is 0 Å². The van der Waals surface area contributed by atoms with Crippen molar-refractivity contribution in [1.29, 1.82) is 0 Å². The van der Waals surface area contributed by atoms with Gasteiger partial charge in [-0.25, -0.2) is 0 Å². The Morgan fingerprint density at radius 1 is 1.24 bits per heavy atom. The maximum Gasteiger partial charge on any atom is 0.251 e. The van der Waals surface area contributed by atoms with E-state index in [1.165, 1.54) is 19.3 Å². The highest BCUT2D eigenvalue weighted by atomic mass is 16.1. The van der Waals surface area contributed by atoms with Crippen LogP contribution in [0, 0.1) is 5.92 Å². The zero-order valence-corrected chi connectivity index (χ0v) is 14.9. The highest BCUT2D eigenvalue weighted by Gasteiger charge is 2.28. The van der Waals surface area contributed by atoms with E-state index in [-0.39, 0.29) is 11.9 Å². The van der Waals surface area contributed by atoms with E-state index < -0.39 is 0 Å². The monoisotopic (exact) mass is 337 g/mol. The van der Waals surface area contributed by atoms with Crippen LogP contribution < -0.4 is 10.6 Å². The molecule has 132 valence electrons. The number of hydrogen-bond acceptors (Lipinski definition) is 3. The predicted molar refractivity (Wildman–Crippen MR) is 100 cm³/mol. The van der Waals surface area contributed by atoms with Crippen molar-refractivity contribution in [1.82, 2.24) is 15.6 Å². The topological polar surface area (TPSA) is 54.0 Å². The number of rotatable bonds is 8. The SMILES string of the molecule is CCCNC(=O)c1cccc(CNC(c2ccccn2)C2CCC2)c1. The van der Waals surface area contributed by atoms with Gasteiger partial charge in [-0.2, -0.15) is 0 Å². The third-order valence-electron chi connectivity index (χ3n) is 4.88. The van der Waals surface area contributed by atoms with Crippen molar-refractivity contribution in [2.75, 3.05) is 6.54 Å². The minimum atomic E-state index is 0.00367. The molecule has 3 rings (SSSR count). The number of benzene rings is 1. The van der Waals surface area contributed by atoms with Gasteiger partial charge in [0.1, 0.15) is 0 Å². The standard InChI is InChI=1S/C21H27N3O/c1-2-12-23-21(25)18-10-5-7-16(14-18)15-24-20(17-8-6-9-17)19-11-3-4-13-22-19/h3-5,7,10-11,13-14,17,20,24H,2,6,8-9,12,15H2,1H3,(H,23,25). The number of nitrogens with one attached hydrogen (secondary N) is 2. The van der Waals surface area contributed by atoms with Gasteiger partial charge in [-0.05, 0) is 55.0 Å². The first-order valence-electron chi connectivity index (χ1n) is 9.29. The van der Waals surface area contributed by atoms with E-state index >= 15 is 0 Å². The van der Waals surface area contributed by atoms with E-state index in [0.717, 1.165) is 29.8 Å². The molecule has 1 saturated carbocycles. The fourth-order valence-corrected chi connectivity index (χ4v) is 3.24. The molecule has 1 unspecified atom stereocenters. The number of nitrogens with zero attached hydrogens (tertiary/aromatic N) is 1. The number of hydrogen-bond donors (Lipinski definition) is 2. The summed E-state index contributed by atoms with van der Waals surface area (Å²) in [4.78, 5) is 16.7. The fraction of sp³-hybridized carbons (Fsp3) is 0.429. The van der Waals surface area contributed by atoms with Crippen LogP contribution in [0.15, 0.2) is 48.7 Å². The Hall–Kier alpha value is -2.20. The van der Waals surface area contributed by atoms with Crippen molar-refractivity contribution in [2.24, 2.45) is 5.92 Å². The first-order valence-corrected chi connectivity index (χ1v) is 9.29. The summed E-state index contributed by atoms with van der Waals surface area (Å²) < 4.78 is 0. The van der Waals surface area contributed by atoms with Gasteiger partial charge >= 0.3 is 0 Å². The molecule has 1 atom stereocenters. The molecule has 0 radical (unpaired) electrons. The molecule has 25 heavy (non-hydrogen) atoms. The Bertz CT molecular complexity index is 683. The van der Waals surface area contributed by atoms with E-state index in [1.807, 2.05) is 36.5 Å². The van der Waals surface area contributed by atoms with Crippen molar-refractivity contribution in [3.8, 4) is 0 Å². The van der Waals surface area contributed by atoms with E-state index in [0.29, 0.717) is 12.5 Å². The molecular formula is C21H27N3O. The molecule has 1 aromatic carbocycles. The zero-order valence-electron chi connectivity index (χ0n) is 14.9. The summed E-state index contributed by atoms with van der Waals surface area (Å²) in [6, 6.07) is 14.3.